The maximum atomic E-state index is 12.5. The van der Waals surface area contributed by atoms with Crippen LogP contribution >= 0.6 is 11.8 Å². The third-order valence-corrected chi connectivity index (χ3v) is 5.33. The molecule has 6 heteroatoms. The van der Waals surface area contributed by atoms with Gasteiger partial charge in [-0.1, -0.05) is 53.7 Å². The summed E-state index contributed by atoms with van der Waals surface area (Å²) < 4.78 is 1.93. The van der Waals surface area contributed by atoms with Crippen molar-refractivity contribution in [3.05, 3.63) is 59.7 Å². The zero-order valence-corrected chi connectivity index (χ0v) is 16.2. The fourth-order valence-electron chi connectivity index (χ4n) is 2.57. The molecule has 1 aromatic heterocycles. The van der Waals surface area contributed by atoms with Crippen LogP contribution in [0, 0.1) is 13.8 Å². The minimum atomic E-state index is -0.288. The third-order valence-electron chi connectivity index (χ3n) is 4.19. The Kier molecular flexibility index (Phi) is 5.42. The minimum Gasteiger partial charge on any atom is -0.325 e. The minimum absolute atomic E-state index is 0.0562. The molecule has 0 bridgehead atoms. The van der Waals surface area contributed by atoms with Crippen LogP contribution in [0.25, 0.3) is 11.4 Å². The van der Waals surface area contributed by atoms with Gasteiger partial charge in [-0.2, -0.15) is 0 Å². The van der Waals surface area contributed by atoms with Crippen molar-refractivity contribution in [2.75, 3.05) is 5.32 Å². The predicted molar refractivity (Wildman–Crippen MR) is 106 cm³/mol. The number of hydrogen-bond donors (Lipinski definition) is 1. The fourth-order valence-corrected chi connectivity index (χ4v) is 3.38. The monoisotopic (exact) mass is 366 g/mol. The highest BCUT2D eigenvalue weighted by molar-refractivity contribution is 8.00. The van der Waals surface area contributed by atoms with Crippen molar-refractivity contribution in [1.82, 2.24) is 14.8 Å². The molecule has 3 aromatic rings. The summed E-state index contributed by atoms with van der Waals surface area (Å²) in [5, 5.41) is 12.0. The lowest BCUT2D eigenvalue weighted by Gasteiger charge is -2.12. The van der Waals surface area contributed by atoms with Crippen molar-refractivity contribution in [2.45, 2.75) is 31.2 Å². The molecule has 0 aliphatic rings. The van der Waals surface area contributed by atoms with Gasteiger partial charge in [0.2, 0.25) is 5.91 Å². The fraction of sp³-hybridized carbons (Fsp3) is 0.250. The second-order valence-electron chi connectivity index (χ2n) is 6.30. The first-order chi connectivity index (χ1) is 12.5. The molecule has 26 heavy (non-hydrogen) atoms. The van der Waals surface area contributed by atoms with Crippen LogP contribution in [0.15, 0.2) is 53.7 Å². The molecule has 1 atom stereocenters. The molecule has 5 nitrogen and oxygen atoms in total. The summed E-state index contributed by atoms with van der Waals surface area (Å²) in [4.78, 5) is 12.5. The Bertz CT molecular complexity index is 918. The molecule has 0 spiro atoms. The number of nitrogens with one attached hydrogen (secondary N) is 1. The average Bonchev–Trinajstić information content (AvgIpc) is 2.98. The van der Waals surface area contributed by atoms with Crippen LogP contribution in [0.3, 0.4) is 0 Å². The average molecular weight is 366 g/mol. The van der Waals surface area contributed by atoms with E-state index in [1.54, 1.807) is 0 Å². The van der Waals surface area contributed by atoms with Gasteiger partial charge in [0.25, 0.3) is 0 Å². The van der Waals surface area contributed by atoms with Crippen molar-refractivity contribution in [2.24, 2.45) is 7.05 Å². The number of benzene rings is 2. The third kappa shape index (κ3) is 3.96. The van der Waals surface area contributed by atoms with Crippen molar-refractivity contribution >= 4 is 23.4 Å². The van der Waals surface area contributed by atoms with E-state index in [4.69, 9.17) is 0 Å². The largest absolute Gasteiger partial charge is 0.325 e. The van der Waals surface area contributed by atoms with E-state index >= 15 is 0 Å². The Hall–Kier alpha value is -2.60. The molecule has 0 unspecified atom stereocenters. The lowest BCUT2D eigenvalue weighted by Crippen LogP contribution is -2.22. The van der Waals surface area contributed by atoms with Gasteiger partial charge in [-0.05, 0) is 38.5 Å². The van der Waals surface area contributed by atoms with Crippen LogP contribution in [-0.4, -0.2) is 25.9 Å². The molecule has 0 saturated heterocycles. The molecule has 0 aliphatic heterocycles. The van der Waals surface area contributed by atoms with Gasteiger partial charge in [0.15, 0.2) is 11.0 Å². The standard InChI is InChI=1S/C20H22N4OS/c1-13-9-11-16(12-10-13)21-19(25)15(3)26-20-23-22-18(24(20)4)17-8-6-5-7-14(17)2/h5-12,15H,1-4H3,(H,21,25)/t15-/m0/s1. The van der Waals surface area contributed by atoms with Crippen LogP contribution < -0.4 is 5.32 Å². The molecular formula is C20H22N4OS. The van der Waals surface area contributed by atoms with E-state index < -0.39 is 0 Å². The topological polar surface area (TPSA) is 59.8 Å². The maximum absolute atomic E-state index is 12.5. The molecule has 2 aromatic carbocycles. The molecule has 1 heterocycles. The summed E-state index contributed by atoms with van der Waals surface area (Å²) in [6.07, 6.45) is 0. The summed E-state index contributed by atoms with van der Waals surface area (Å²) in [5.74, 6) is 0.746. The van der Waals surface area contributed by atoms with E-state index in [1.165, 1.54) is 11.8 Å². The van der Waals surface area contributed by atoms with E-state index in [0.29, 0.717) is 0 Å². The second-order valence-corrected chi connectivity index (χ2v) is 7.60. The Morgan fingerprint density at radius 2 is 1.77 bits per heavy atom. The van der Waals surface area contributed by atoms with Gasteiger partial charge in [0.1, 0.15) is 0 Å². The Balaban J connectivity index is 1.71. The molecule has 0 radical (unpaired) electrons. The number of aromatic nitrogens is 3. The molecule has 0 saturated carbocycles. The van der Waals surface area contributed by atoms with E-state index in [0.717, 1.165) is 33.4 Å². The zero-order chi connectivity index (χ0) is 18.7. The van der Waals surface area contributed by atoms with Gasteiger partial charge >= 0.3 is 0 Å². The number of carbonyl (C=O) groups excluding carboxylic acids is 1. The second kappa shape index (κ2) is 7.74. The number of rotatable bonds is 5. The highest BCUT2D eigenvalue weighted by Gasteiger charge is 2.20. The predicted octanol–water partition coefficient (Wildman–Crippen LogP) is 4.22. The highest BCUT2D eigenvalue weighted by atomic mass is 32.2. The van der Waals surface area contributed by atoms with Crippen molar-refractivity contribution < 1.29 is 4.79 Å². The van der Waals surface area contributed by atoms with Gasteiger partial charge in [0.05, 0.1) is 5.25 Å². The maximum Gasteiger partial charge on any atom is 0.237 e. The van der Waals surface area contributed by atoms with Gasteiger partial charge < -0.3 is 9.88 Å². The lowest BCUT2D eigenvalue weighted by molar-refractivity contribution is -0.115. The molecular weight excluding hydrogens is 344 g/mol. The van der Waals surface area contributed by atoms with E-state index in [1.807, 2.05) is 67.9 Å². The number of thioether (sulfide) groups is 1. The van der Waals surface area contributed by atoms with Gasteiger partial charge in [0, 0.05) is 18.3 Å². The van der Waals surface area contributed by atoms with Crippen molar-refractivity contribution in [3.63, 3.8) is 0 Å². The van der Waals surface area contributed by atoms with Gasteiger partial charge in [-0.15, -0.1) is 10.2 Å². The van der Waals surface area contributed by atoms with Crippen LogP contribution in [0.1, 0.15) is 18.1 Å². The number of hydrogen-bond acceptors (Lipinski definition) is 4. The number of carbonyl (C=O) groups is 1. The molecule has 3 rings (SSSR count). The molecule has 0 fully saturated rings. The van der Waals surface area contributed by atoms with Crippen LogP contribution in [0.2, 0.25) is 0 Å². The first-order valence-corrected chi connectivity index (χ1v) is 9.33. The number of aryl methyl sites for hydroxylation is 2. The number of anilines is 1. The normalized spacial score (nSPS) is 12.0. The van der Waals surface area contributed by atoms with E-state index in [9.17, 15) is 4.79 Å². The SMILES string of the molecule is Cc1ccc(NC(=O)[C@H](C)Sc2nnc(-c3ccccc3C)n2C)cc1. The first-order valence-electron chi connectivity index (χ1n) is 8.45. The molecule has 1 amide bonds. The van der Waals surface area contributed by atoms with Crippen LogP contribution in [0.5, 0.6) is 0 Å². The summed E-state index contributed by atoms with van der Waals surface area (Å²) >= 11 is 1.40. The van der Waals surface area contributed by atoms with Crippen LogP contribution in [-0.2, 0) is 11.8 Å². The smallest absolute Gasteiger partial charge is 0.237 e. The Labute approximate surface area is 157 Å². The lowest BCUT2D eigenvalue weighted by atomic mass is 10.1. The van der Waals surface area contributed by atoms with E-state index in [-0.39, 0.29) is 11.2 Å². The van der Waals surface area contributed by atoms with Crippen molar-refractivity contribution in [3.8, 4) is 11.4 Å². The molecule has 1 N–H and O–H groups in total. The molecule has 0 aliphatic carbocycles. The zero-order valence-electron chi connectivity index (χ0n) is 15.4. The van der Waals surface area contributed by atoms with E-state index in [2.05, 4.69) is 28.5 Å². The van der Waals surface area contributed by atoms with Gasteiger partial charge in [-0.3, -0.25) is 4.79 Å². The summed E-state index contributed by atoms with van der Waals surface area (Å²) in [7, 11) is 1.93. The van der Waals surface area contributed by atoms with Gasteiger partial charge in [-0.25, -0.2) is 0 Å². The summed E-state index contributed by atoms with van der Waals surface area (Å²) in [6.45, 7) is 5.94. The first kappa shape index (κ1) is 18.2. The highest BCUT2D eigenvalue weighted by Crippen LogP contribution is 2.27. The summed E-state index contributed by atoms with van der Waals surface area (Å²) in [6, 6.07) is 15.8. The van der Waals surface area contributed by atoms with Crippen LogP contribution in [0.4, 0.5) is 5.69 Å². The summed E-state index contributed by atoms with van der Waals surface area (Å²) in [5.41, 5.74) is 4.15. The van der Waals surface area contributed by atoms with Crippen molar-refractivity contribution in [1.29, 1.82) is 0 Å². The number of nitrogens with zero attached hydrogens (tertiary/aromatic N) is 3. The Morgan fingerprint density at radius 3 is 2.46 bits per heavy atom. The Morgan fingerprint density at radius 1 is 1.08 bits per heavy atom. The quantitative estimate of drug-likeness (QED) is 0.687. The number of amides is 1. The molecule has 134 valence electrons.